The van der Waals surface area contributed by atoms with E-state index in [0.717, 1.165) is 11.8 Å². The van der Waals surface area contributed by atoms with E-state index in [0.29, 0.717) is 11.8 Å². The van der Waals surface area contributed by atoms with Crippen LogP contribution in [0.5, 0.6) is 0 Å². The average molecular weight is 248 g/mol. The molecule has 0 radical (unpaired) electrons. The van der Waals surface area contributed by atoms with Gasteiger partial charge in [0.1, 0.15) is 0 Å². The van der Waals surface area contributed by atoms with Crippen molar-refractivity contribution in [3.63, 3.8) is 0 Å². The SMILES string of the molecule is C=CC(O)C1(C(O)C=C)C2CC3CC(C2)CC1C3. The number of hydrogen-bond acceptors (Lipinski definition) is 2. The van der Waals surface area contributed by atoms with Gasteiger partial charge in [0, 0.05) is 5.41 Å². The summed E-state index contributed by atoms with van der Waals surface area (Å²) in [6.07, 6.45) is 8.07. The maximum absolute atomic E-state index is 10.5. The van der Waals surface area contributed by atoms with Crippen molar-refractivity contribution in [1.29, 1.82) is 0 Å². The number of aliphatic hydroxyl groups is 2. The zero-order chi connectivity index (χ0) is 12.9. The molecule has 2 unspecified atom stereocenters. The summed E-state index contributed by atoms with van der Waals surface area (Å²) >= 11 is 0. The van der Waals surface area contributed by atoms with Crippen molar-refractivity contribution in [3.05, 3.63) is 25.3 Å². The Balaban J connectivity index is 2.03. The normalized spacial score (nSPS) is 48.8. The lowest BCUT2D eigenvalue weighted by atomic mass is 9.42. The maximum Gasteiger partial charge on any atom is 0.0807 e. The molecule has 2 atom stereocenters. The van der Waals surface area contributed by atoms with Crippen LogP contribution in [0.4, 0.5) is 0 Å². The molecule has 4 saturated carbocycles. The standard InChI is InChI=1S/C16H24O2/c1-3-14(17)16(15(18)4-2)12-6-10-5-11(8-12)9-13(16)7-10/h3-4,10-15,17-18H,1-2,5-9H2. The van der Waals surface area contributed by atoms with Crippen molar-refractivity contribution < 1.29 is 10.2 Å². The molecule has 0 aromatic heterocycles. The fourth-order valence-electron chi connectivity index (χ4n) is 5.55. The van der Waals surface area contributed by atoms with Crippen molar-refractivity contribution in [1.82, 2.24) is 0 Å². The molecule has 2 heteroatoms. The molecule has 0 aliphatic heterocycles. The van der Waals surface area contributed by atoms with E-state index in [1.165, 1.54) is 32.1 Å². The van der Waals surface area contributed by atoms with E-state index in [-0.39, 0.29) is 0 Å². The first-order chi connectivity index (χ1) is 8.62. The maximum atomic E-state index is 10.5. The van der Waals surface area contributed by atoms with Gasteiger partial charge >= 0.3 is 0 Å². The Morgan fingerprint density at radius 1 is 0.833 bits per heavy atom. The third-order valence-electron chi connectivity index (χ3n) is 6.02. The highest BCUT2D eigenvalue weighted by Crippen LogP contribution is 2.64. The van der Waals surface area contributed by atoms with Crippen molar-refractivity contribution in [2.75, 3.05) is 0 Å². The third-order valence-corrected chi connectivity index (χ3v) is 6.02. The predicted molar refractivity (Wildman–Crippen MR) is 71.9 cm³/mol. The molecular weight excluding hydrogens is 224 g/mol. The van der Waals surface area contributed by atoms with Gasteiger partial charge in [-0.1, -0.05) is 12.2 Å². The van der Waals surface area contributed by atoms with E-state index < -0.39 is 17.6 Å². The Morgan fingerprint density at radius 3 is 1.56 bits per heavy atom. The predicted octanol–water partition coefficient (Wildman–Crippen LogP) is 2.52. The van der Waals surface area contributed by atoms with Crippen molar-refractivity contribution in [2.24, 2.45) is 29.1 Å². The summed E-state index contributed by atoms with van der Waals surface area (Å²) in [5.74, 6) is 2.54. The highest BCUT2D eigenvalue weighted by Gasteiger charge is 2.61. The van der Waals surface area contributed by atoms with Crippen LogP contribution in [0.2, 0.25) is 0 Å². The van der Waals surface area contributed by atoms with Crippen LogP contribution in [0, 0.1) is 29.1 Å². The van der Waals surface area contributed by atoms with Crippen LogP contribution in [-0.2, 0) is 0 Å². The van der Waals surface area contributed by atoms with Gasteiger partial charge < -0.3 is 10.2 Å². The van der Waals surface area contributed by atoms with Crippen LogP contribution < -0.4 is 0 Å². The van der Waals surface area contributed by atoms with E-state index in [4.69, 9.17) is 0 Å². The molecule has 4 aliphatic carbocycles. The fourth-order valence-corrected chi connectivity index (χ4v) is 5.55. The third kappa shape index (κ3) is 1.42. The second-order valence-electron chi connectivity index (χ2n) is 6.67. The number of hydrogen-bond donors (Lipinski definition) is 2. The number of aliphatic hydroxyl groups excluding tert-OH is 2. The van der Waals surface area contributed by atoms with Gasteiger partial charge in [0.2, 0.25) is 0 Å². The Labute approximate surface area is 109 Å². The second kappa shape index (κ2) is 4.21. The molecule has 0 saturated heterocycles. The zero-order valence-corrected chi connectivity index (χ0v) is 11.0. The Kier molecular flexibility index (Phi) is 2.91. The molecule has 0 amide bonds. The van der Waals surface area contributed by atoms with Crippen LogP contribution in [0.3, 0.4) is 0 Å². The molecule has 100 valence electrons. The van der Waals surface area contributed by atoms with Crippen LogP contribution in [0.15, 0.2) is 25.3 Å². The quantitative estimate of drug-likeness (QED) is 0.751. The minimum Gasteiger partial charge on any atom is -0.388 e. The summed E-state index contributed by atoms with van der Waals surface area (Å²) in [6.45, 7) is 7.52. The van der Waals surface area contributed by atoms with E-state index >= 15 is 0 Å². The Morgan fingerprint density at radius 2 is 1.22 bits per heavy atom. The van der Waals surface area contributed by atoms with Crippen LogP contribution in [-0.4, -0.2) is 22.4 Å². The van der Waals surface area contributed by atoms with Gasteiger partial charge in [-0.05, 0) is 55.8 Å². The summed E-state index contributed by atoms with van der Waals surface area (Å²) in [4.78, 5) is 0. The van der Waals surface area contributed by atoms with Gasteiger partial charge in [0.15, 0.2) is 0 Å². The summed E-state index contributed by atoms with van der Waals surface area (Å²) in [5.41, 5.74) is -0.406. The molecule has 0 aromatic rings. The van der Waals surface area contributed by atoms with E-state index in [1.807, 2.05) is 0 Å². The van der Waals surface area contributed by atoms with Crippen molar-refractivity contribution in [2.45, 2.75) is 44.3 Å². The molecule has 0 heterocycles. The van der Waals surface area contributed by atoms with E-state index in [9.17, 15) is 10.2 Å². The zero-order valence-electron chi connectivity index (χ0n) is 11.0. The minimum atomic E-state index is -0.611. The molecule has 4 rings (SSSR count). The number of rotatable bonds is 4. The van der Waals surface area contributed by atoms with Crippen LogP contribution in [0.25, 0.3) is 0 Å². The molecule has 0 spiro atoms. The topological polar surface area (TPSA) is 40.5 Å². The van der Waals surface area contributed by atoms with E-state index in [2.05, 4.69) is 13.2 Å². The summed E-state index contributed by atoms with van der Waals surface area (Å²) < 4.78 is 0. The minimum absolute atomic E-state index is 0.406. The molecule has 2 nitrogen and oxygen atoms in total. The van der Waals surface area contributed by atoms with Gasteiger partial charge in [-0.25, -0.2) is 0 Å². The molecule has 4 aliphatic rings. The van der Waals surface area contributed by atoms with Crippen LogP contribution >= 0.6 is 0 Å². The molecule has 4 fully saturated rings. The molecule has 2 N–H and O–H groups in total. The second-order valence-corrected chi connectivity index (χ2v) is 6.67. The summed E-state index contributed by atoms with van der Waals surface area (Å²) in [7, 11) is 0. The lowest BCUT2D eigenvalue weighted by Crippen LogP contribution is -2.62. The lowest BCUT2D eigenvalue weighted by molar-refractivity contribution is -0.192. The van der Waals surface area contributed by atoms with E-state index in [1.54, 1.807) is 12.2 Å². The molecule has 0 aromatic carbocycles. The van der Waals surface area contributed by atoms with Crippen molar-refractivity contribution in [3.8, 4) is 0 Å². The first-order valence-corrected chi connectivity index (χ1v) is 7.24. The van der Waals surface area contributed by atoms with Gasteiger partial charge in [0.25, 0.3) is 0 Å². The molecule has 4 bridgehead atoms. The van der Waals surface area contributed by atoms with Crippen molar-refractivity contribution >= 4 is 0 Å². The monoisotopic (exact) mass is 248 g/mol. The van der Waals surface area contributed by atoms with Gasteiger partial charge in [0.05, 0.1) is 12.2 Å². The van der Waals surface area contributed by atoms with Crippen LogP contribution in [0.1, 0.15) is 32.1 Å². The van der Waals surface area contributed by atoms with Gasteiger partial charge in [-0.15, -0.1) is 13.2 Å². The lowest BCUT2D eigenvalue weighted by Gasteiger charge is -2.63. The highest BCUT2D eigenvalue weighted by molar-refractivity contribution is 5.17. The summed E-state index contributed by atoms with van der Waals surface area (Å²) in [5, 5.41) is 21.0. The first-order valence-electron chi connectivity index (χ1n) is 7.24. The highest BCUT2D eigenvalue weighted by atomic mass is 16.3. The van der Waals surface area contributed by atoms with Gasteiger partial charge in [-0.3, -0.25) is 0 Å². The average Bonchev–Trinajstić information content (AvgIpc) is 2.37. The largest absolute Gasteiger partial charge is 0.388 e. The fraction of sp³-hybridized carbons (Fsp3) is 0.750. The van der Waals surface area contributed by atoms with Gasteiger partial charge in [-0.2, -0.15) is 0 Å². The Hall–Kier alpha value is -0.600. The summed E-state index contributed by atoms with van der Waals surface area (Å²) in [6, 6.07) is 0. The molecular formula is C16H24O2. The Bertz CT molecular complexity index is 316. The molecule has 18 heavy (non-hydrogen) atoms. The first kappa shape index (κ1) is 12.4. The smallest absolute Gasteiger partial charge is 0.0807 e.